The number of aryl methyl sites for hydroxylation is 1. The number of fused-ring (bicyclic) bond motifs is 1. The van der Waals surface area contributed by atoms with Gasteiger partial charge in [-0.05, 0) is 35.2 Å². The number of nitrogens with zero attached hydrogens (tertiary/aromatic N) is 4. The molecule has 0 radical (unpaired) electrons. The average Bonchev–Trinajstić information content (AvgIpc) is 3.16. The summed E-state index contributed by atoms with van der Waals surface area (Å²) in [5.41, 5.74) is 2.52. The van der Waals surface area contributed by atoms with Crippen molar-refractivity contribution >= 4 is 15.9 Å². The van der Waals surface area contributed by atoms with Crippen LogP contribution in [0.1, 0.15) is 35.9 Å². The maximum absolute atomic E-state index is 5.43. The fourth-order valence-electron chi connectivity index (χ4n) is 3.31. The first kappa shape index (κ1) is 12.6. The van der Waals surface area contributed by atoms with E-state index in [2.05, 4.69) is 42.0 Å². The highest BCUT2D eigenvalue weighted by Gasteiger charge is 2.28. The Kier molecular flexibility index (Phi) is 3.15. The highest BCUT2D eigenvalue weighted by Crippen LogP contribution is 2.28. The van der Waals surface area contributed by atoms with Crippen LogP contribution in [0.25, 0.3) is 0 Å². The summed E-state index contributed by atoms with van der Waals surface area (Å²) in [6, 6.07) is 0.473. The molecule has 20 heavy (non-hydrogen) atoms. The average molecular weight is 337 g/mol. The van der Waals surface area contributed by atoms with Gasteiger partial charge < -0.3 is 4.52 Å². The lowest BCUT2D eigenvalue weighted by Crippen LogP contribution is -2.22. The van der Waals surface area contributed by atoms with Gasteiger partial charge in [0.05, 0.1) is 16.7 Å². The summed E-state index contributed by atoms with van der Waals surface area (Å²) in [4.78, 5) is 2.46. The molecule has 1 unspecified atom stereocenters. The van der Waals surface area contributed by atoms with Crippen molar-refractivity contribution in [3.05, 3.63) is 33.9 Å². The predicted octanol–water partition coefficient (Wildman–Crippen LogP) is 2.57. The number of hydrogen-bond donors (Lipinski definition) is 0. The molecule has 1 fully saturated rings. The second-order valence-corrected chi connectivity index (χ2v) is 6.62. The van der Waals surface area contributed by atoms with E-state index in [-0.39, 0.29) is 0 Å². The van der Waals surface area contributed by atoms with Crippen LogP contribution in [-0.2, 0) is 19.4 Å². The molecule has 1 saturated heterocycles. The summed E-state index contributed by atoms with van der Waals surface area (Å²) in [6.07, 6.45) is 8.47. The lowest BCUT2D eigenvalue weighted by Gasteiger charge is -2.15. The third kappa shape index (κ3) is 2.20. The Morgan fingerprint density at radius 3 is 3.20 bits per heavy atom. The Morgan fingerprint density at radius 1 is 1.40 bits per heavy atom. The molecule has 0 saturated carbocycles. The lowest BCUT2D eigenvalue weighted by molar-refractivity contribution is 0.295. The molecule has 2 aliphatic rings. The lowest BCUT2D eigenvalue weighted by atomic mass is 10.2. The van der Waals surface area contributed by atoms with Crippen molar-refractivity contribution in [3.8, 4) is 0 Å². The largest absolute Gasteiger partial charge is 0.361 e. The molecule has 1 atom stereocenters. The minimum absolute atomic E-state index is 0.473. The van der Waals surface area contributed by atoms with Gasteiger partial charge in [0.15, 0.2) is 0 Å². The summed E-state index contributed by atoms with van der Waals surface area (Å²) in [5.74, 6) is 1.12. The second-order valence-electron chi connectivity index (χ2n) is 5.70. The first-order chi connectivity index (χ1) is 9.79. The molecule has 0 bridgehead atoms. The normalized spacial score (nSPS) is 22.6. The fraction of sp³-hybridized carbons (Fsp3) is 0.571. The van der Waals surface area contributed by atoms with Crippen molar-refractivity contribution in [3.63, 3.8) is 0 Å². The minimum Gasteiger partial charge on any atom is -0.361 e. The van der Waals surface area contributed by atoms with E-state index in [0.29, 0.717) is 6.04 Å². The van der Waals surface area contributed by atoms with Gasteiger partial charge in [-0.25, -0.2) is 0 Å². The van der Waals surface area contributed by atoms with Gasteiger partial charge in [0.1, 0.15) is 11.5 Å². The van der Waals surface area contributed by atoms with Crippen molar-refractivity contribution in [2.45, 2.75) is 38.3 Å². The van der Waals surface area contributed by atoms with Gasteiger partial charge in [-0.2, -0.15) is 5.10 Å². The van der Waals surface area contributed by atoms with Crippen LogP contribution in [0.3, 0.4) is 0 Å². The molecule has 106 valence electrons. The topological polar surface area (TPSA) is 47.1 Å². The first-order valence-corrected chi connectivity index (χ1v) is 7.97. The molecular formula is C14H17BrN4O. The summed E-state index contributed by atoms with van der Waals surface area (Å²) in [6.45, 7) is 3.05. The minimum atomic E-state index is 0.473. The predicted molar refractivity (Wildman–Crippen MR) is 77.4 cm³/mol. The summed E-state index contributed by atoms with van der Waals surface area (Å²) >= 11 is 3.46. The molecule has 0 spiro atoms. The standard InChI is InChI=1S/C14H17BrN4O/c15-10-6-16-19(7-10)11-4-5-18(8-11)9-13-12-2-1-3-14(12)20-17-13/h6-7,11H,1-5,8-9H2. The molecule has 6 heteroatoms. The van der Waals surface area contributed by atoms with Crippen molar-refractivity contribution < 1.29 is 4.52 Å². The molecule has 0 aromatic carbocycles. The van der Waals surface area contributed by atoms with Gasteiger partial charge in [-0.3, -0.25) is 9.58 Å². The van der Waals surface area contributed by atoms with Crippen LogP contribution >= 0.6 is 15.9 Å². The van der Waals surface area contributed by atoms with Gasteiger partial charge in [-0.15, -0.1) is 0 Å². The van der Waals surface area contributed by atoms with E-state index in [1.807, 2.05) is 6.20 Å². The molecule has 5 nitrogen and oxygen atoms in total. The summed E-state index contributed by atoms with van der Waals surface area (Å²) in [7, 11) is 0. The van der Waals surface area contributed by atoms with Crippen LogP contribution in [0.4, 0.5) is 0 Å². The number of rotatable bonds is 3. The Hall–Kier alpha value is -1.14. The zero-order valence-electron chi connectivity index (χ0n) is 11.3. The van der Waals surface area contributed by atoms with E-state index in [4.69, 9.17) is 4.52 Å². The van der Waals surface area contributed by atoms with E-state index in [0.717, 1.165) is 54.8 Å². The molecule has 4 rings (SSSR count). The van der Waals surface area contributed by atoms with E-state index < -0.39 is 0 Å². The van der Waals surface area contributed by atoms with E-state index in [1.54, 1.807) is 0 Å². The maximum atomic E-state index is 5.43. The molecule has 3 heterocycles. The third-order valence-electron chi connectivity index (χ3n) is 4.35. The highest BCUT2D eigenvalue weighted by molar-refractivity contribution is 9.10. The van der Waals surface area contributed by atoms with E-state index >= 15 is 0 Å². The molecule has 1 aliphatic carbocycles. The third-order valence-corrected chi connectivity index (χ3v) is 4.76. The van der Waals surface area contributed by atoms with Crippen LogP contribution < -0.4 is 0 Å². The molecule has 0 amide bonds. The molecular weight excluding hydrogens is 320 g/mol. The SMILES string of the molecule is Brc1cnn(C2CCN(Cc3noc4c3CCC4)C2)c1. The molecule has 2 aromatic heterocycles. The van der Waals surface area contributed by atoms with Gasteiger partial charge in [0.25, 0.3) is 0 Å². The zero-order chi connectivity index (χ0) is 13.5. The quantitative estimate of drug-likeness (QED) is 0.864. The summed E-state index contributed by atoms with van der Waals surface area (Å²) < 4.78 is 8.55. The first-order valence-electron chi connectivity index (χ1n) is 7.18. The van der Waals surface area contributed by atoms with Crippen molar-refractivity contribution in [1.29, 1.82) is 0 Å². The second kappa shape index (κ2) is 5.00. The Morgan fingerprint density at radius 2 is 2.35 bits per heavy atom. The maximum Gasteiger partial charge on any atom is 0.140 e. The Bertz CT molecular complexity index is 620. The van der Waals surface area contributed by atoms with Crippen molar-refractivity contribution in [2.24, 2.45) is 0 Å². The Labute approximate surface area is 126 Å². The van der Waals surface area contributed by atoms with E-state index in [9.17, 15) is 0 Å². The highest BCUT2D eigenvalue weighted by atomic mass is 79.9. The molecule has 1 aliphatic heterocycles. The van der Waals surface area contributed by atoms with Gasteiger partial charge in [-0.1, -0.05) is 5.16 Å². The monoisotopic (exact) mass is 336 g/mol. The fourth-order valence-corrected chi connectivity index (χ4v) is 3.61. The smallest absolute Gasteiger partial charge is 0.140 e. The van der Waals surface area contributed by atoms with E-state index in [1.165, 1.54) is 12.0 Å². The zero-order valence-corrected chi connectivity index (χ0v) is 12.8. The van der Waals surface area contributed by atoms with Gasteiger partial charge >= 0.3 is 0 Å². The molecule has 2 aromatic rings. The van der Waals surface area contributed by atoms with Gasteiger partial charge in [0, 0.05) is 37.8 Å². The molecule has 0 N–H and O–H groups in total. The van der Waals surface area contributed by atoms with Crippen LogP contribution in [0.15, 0.2) is 21.4 Å². The number of halogens is 1. The Balaban J connectivity index is 1.43. The van der Waals surface area contributed by atoms with Gasteiger partial charge in [0.2, 0.25) is 0 Å². The van der Waals surface area contributed by atoms with Crippen LogP contribution in [-0.4, -0.2) is 32.9 Å². The van der Waals surface area contributed by atoms with Crippen molar-refractivity contribution in [1.82, 2.24) is 19.8 Å². The van der Waals surface area contributed by atoms with Crippen molar-refractivity contribution in [2.75, 3.05) is 13.1 Å². The number of hydrogen-bond acceptors (Lipinski definition) is 4. The van der Waals surface area contributed by atoms with Crippen LogP contribution in [0, 0.1) is 0 Å². The van der Waals surface area contributed by atoms with Crippen LogP contribution in [0.5, 0.6) is 0 Å². The summed E-state index contributed by atoms with van der Waals surface area (Å²) in [5, 5.41) is 8.65. The number of aromatic nitrogens is 3. The number of likely N-dealkylation sites (tertiary alicyclic amines) is 1. The van der Waals surface area contributed by atoms with Crippen LogP contribution in [0.2, 0.25) is 0 Å².